The van der Waals surface area contributed by atoms with Crippen molar-refractivity contribution < 1.29 is 4.21 Å². The zero-order valence-electron chi connectivity index (χ0n) is 13.9. The van der Waals surface area contributed by atoms with Gasteiger partial charge in [-0.2, -0.15) is 0 Å². The number of hydrogen-bond acceptors (Lipinski definition) is 1. The lowest BCUT2D eigenvalue weighted by molar-refractivity contribution is 0.389. The molecule has 0 N–H and O–H groups in total. The van der Waals surface area contributed by atoms with Crippen LogP contribution in [0.15, 0.2) is 29.2 Å². The van der Waals surface area contributed by atoms with Crippen LogP contribution in [0.4, 0.5) is 0 Å². The molecule has 118 valence electrons. The van der Waals surface area contributed by atoms with Crippen molar-refractivity contribution in [3.05, 3.63) is 29.8 Å². The third-order valence-corrected chi connectivity index (χ3v) is 6.66. The van der Waals surface area contributed by atoms with E-state index in [2.05, 4.69) is 50.0 Å². The summed E-state index contributed by atoms with van der Waals surface area (Å²) < 4.78 is 15.4. The second-order valence-electron chi connectivity index (χ2n) is 7.14. The first kappa shape index (κ1) is 16.6. The Kier molecular flexibility index (Phi) is 4.84. The lowest BCUT2D eigenvalue weighted by atomic mass is 9.87. The first-order chi connectivity index (χ1) is 9.76. The minimum absolute atomic E-state index is 0.124. The van der Waals surface area contributed by atoms with E-state index in [-0.39, 0.29) is 5.41 Å². The molecule has 1 aliphatic rings. The van der Waals surface area contributed by atoms with E-state index in [0.29, 0.717) is 6.04 Å². The summed E-state index contributed by atoms with van der Waals surface area (Å²) in [5.41, 5.74) is 1.40. The molecule has 0 amide bonds. The molecule has 2 rings (SSSR count). The minimum Gasteiger partial charge on any atom is -0.248 e. The average molecular weight is 308 g/mol. The Morgan fingerprint density at radius 1 is 1.29 bits per heavy atom. The number of rotatable bonds is 4. The van der Waals surface area contributed by atoms with Gasteiger partial charge in [0.2, 0.25) is 0 Å². The molecule has 3 heteroatoms. The molecule has 1 aliphatic heterocycles. The molecule has 1 saturated heterocycles. The van der Waals surface area contributed by atoms with E-state index < -0.39 is 9.71 Å². The monoisotopic (exact) mass is 307 g/mol. The Labute approximate surface area is 130 Å². The normalized spacial score (nSPS) is 23.1. The Hall–Kier alpha value is -0.800. The van der Waals surface area contributed by atoms with Gasteiger partial charge in [-0.05, 0) is 48.2 Å². The van der Waals surface area contributed by atoms with Gasteiger partial charge in [-0.1, -0.05) is 46.2 Å². The molecule has 1 aromatic carbocycles. The van der Waals surface area contributed by atoms with E-state index in [9.17, 15) is 4.21 Å². The summed E-state index contributed by atoms with van der Waals surface area (Å²) in [4.78, 5) is 0.874. The summed E-state index contributed by atoms with van der Waals surface area (Å²) >= 11 is 0. The average Bonchev–Trinajstić information content (AvgIpc) is 2.87. The maximum absolute atomic E-state index is 13.3. The fourth-order valence-corrected chi connectivity index (χ4v) is 5.07. The van der Waals surface area contributed by atoms with Gasteiger partial charge in [0.15, 0.2) is 0 Å². The Morgan fingerprint density at radius 2 is 1.90 bits per heavy atom. The smallest absolute Gasteiger partial charge is 0.0561 e. The quantitative estimate of drug-likeness (QED) is 0.762. The largest absolute Gasteiger partial charge is 0.248 e. The van der Waals surface area contributed by atoms with Crippen LogP contribution in [0.2, 0.25) is 0 Å². The zero-order chi connectivity index (χ0) is 15.7. The standard InChI is InChI=1S/C18H29NOS/c1-6-8-16-9-7-14-19(16)21(5,20)17-12-10-15(11-13-17)18(2,3)4/h10-13,16H,5-9,14H2,1-4H3/t16-,21?/m1/s1. The summed E-state index contributed by atoms with van der Waals surface area (Å²) in [5.74, 6) is 4.10. The molecule has 2 atom stereocenters. The summed E-state index contributed by atoms with van der Waals surface area (Å²) in [7, 11) is -2.34. The molecule has 2 nitrogen and oxygen atoms in total. The number of nitrogens with zero attached hydrogens (tertiary/aromatic N) is 1. The van der Waals surface area contributed by atoms with Crippen LogP contribution in [0.3, 0.4) is 0 Å². The van der Waals surface area contributed by atoms with E-state index in [1.807, 2.05) is 12.1 Å². The highest BCUT2D eigenvalue weighted by Gasteiger charge is 2.30. The van der Waals surface area contributed by atoms with Crippen LogP contribution in [0.5, 0.6) is 0 Å². The van der Waals surface area contributed by atoms with Crippen LogP contribution in [0.1, 0.15) is 58.9 Å². The van der Waals surface area contributed by atoms with E-state index in [0.717, 1.165) is 37.1 Å². The highest BCUT2D eigenvalue weighted by molar-refractivity contribution is 7.98. The van der Waals surface area contributed by atoms with E-state index in [4.69, 9.17) is 0 Å². The topological polar surface area (TPSA) is 20.3 Å². The zero-order valence-corrected chi connectivity index (χ0v) is 14.7. The van der Waals surface area contributed by atoms with Crippen molar-refractivity contribution in [3.8, 4) is 0 Å². The Balaban J connectivity index is 2.27. The van der Waals surface area contributed by atoms with Gasteiger partial charge in [0.05, 0.1) is 9.71 Å². The SMILES string of the molecule is C=S(=O)(c1ccc(C(C)(C)C)cc1)N1CCC[C@H]1CCC. The minimum atomic E-state index is -2.34. The Morgan fingerprint density at radius 3 is 2.43 bits per heavy atom. The van der Waals surface area contributed by atoms with Gasteiger partial charge in [-0.15, -0.1) is 0 Å². The maximum atomic E-state index is 13.3. The summed E-state index contributed by atoms with van der Waals surface area (Å²) in [6.45, 7) is 9.69. The van der Waals surface area contributed by atoms with Crippen LogP contribution < -0.4 is 0 Å². The molecule has 1 unspecified atom stereocenters. The molecule has 1 fully saturated rings. The van der Waals surface area contributed by atoms with E-state index in [1.54, 1.807) is 0 Å². The van der Waals surface area contributed by atoms with Gasteiger partial charge in [0, 0.05) is 17.5 Å². The predicted octanol–water partition coefficient (Wildman–Crippen LogP) is 4.24. The molecule has 1 aromatic rings. The van der Waals surface area contributed by atoms with Crippen molar-refractivity contribution in [1.82, 2.24) is 4.31 Å². The fraction of sp³-hybridized carbons (Fsp3) is 0.611. The molecule has 0 aromatic heterocycles. The summed E-state index contributed by atoms with van der Waals surface area (Å²) in [6, 6.07) is 8.66. The molecule has 0 aliphatic carbocycles. The third-order valence-electron chi connectivity index (χ3n) is 4.41. The second kappa shape index (κ2) is 6.13. The fourth-order valence-electron chi connectivity index (χ4n) is 3.12. The number of benzene rings is 1. The lowest BCUT2D eigenvalue weighted by Crippen LogP contribution is -2.35. The molecule has 0 saturated carbocycles. The maximum Gasteiger partial charge on any atom is 0.0561 e. The van der Waals surface area contributed by atoms with Crippen molar-refractivity contribution in [2.45, 2.75) is 69.7 Å². The molecule has 1 heterocycles. The first-order valence-corrected chi connectivity index (χ1v) is 9.70. The van der Waals surface area contributed by atoms with Gasteiger partial charge in [0.25, 0.3) is 0 Å². The van der Waals surface area contributed by atoms with Crippen LogP contribution in [-0.4, -0.2) is 27.0 Å². The number of hydrogen-bond donors (Lipinski definition) is 0. The van der Waals surface area contributed by atoms with Crippen LogP contribution in [0.25, 0.3) is 0 Å². The predicted molar refractivity (Wildman–Crippen MR) is 93.3 cm³/mol. The summed E-state index contributed by atoms with van der Waals surface area (Å²) in [5, 5.41) is 0. The highest BCUT2D eigenvalue weighted by Crippen LogP contribution is 2.30. The highest BCUT2D eigenvalue weighted by atomic mass is 32.2. The van der Waals surface area contributed by atoms with Gasteiger partial charge in [-0.25, -0.2) is 8.51 Å². The van der Waals surface area contributed by atoms with Gasteiger partial charge < -0.3 is 0 Å². The van der Waals surface area contributed by atoms with Crippen LogP contribution in [-0.2, 0) is 15.1 Å². The third kappa shape index (κ3) is 3.51. The summed E-state index contributed by atoms with van der Waals surface area (Å²) in [6.07, 6.45) is 4.55. The molecule has 0 bridgehead atoms. The molecule has 21 heavy (non-hydrogen) atoms. The van der Waals surface area contributed by atoms with Crippen LogP contribution in [0, 0.1) is 0 Å². The van der Waals surface area contributed by atoms with Crippen molar-refractivity contribution in [3.63, 3.8) is 0 Å². The first-order valence-electron chi connectivity index (χ1n) is 8.01. The van der Waals surface area contributed by atoms with Crippen molar-refractivity contribution >= 4 is 15.6 Å². The van der Waals surface area contributed by atoms with E-state index in [1.165, 1.54) is 5.56 Å². The second-order valence-corrected chi connectivity index (χ2v) is 9.36. The van der Waals surface area contributed by atoms with Gasteiger partial charge in [-0.3, -0.25) is 0 Å². The molecular weight excluding hydrogens is 278 g/mol. The van der Waals surface area contributed by atoms with E-state index >= 15 is 0 Å². The molecular formula is C18H29NOS. The van der Waals surface area contributed by atoms with Crippen LogP contribution >= 0.6 is 0 Å². The van der Waals surface area contributed by atoms with Crippen molar-refractivity contribution in [2.75, 3.05) is 6.54 Å². The van der Waals surface area contributed by atoms with Crippen molar-refractivity contribution in [1.29, 1.82) is 0 Å². The van der Waals surface area contributed by atoms with Gasteiger partial charge in [0.1, 0.15) is 0 Å². The van der Waals surface area contributed by atoms with Gasteiger partial charge >= 0.3 is 0 Å². The molecule has 0 spiro atoms. The van der Waals surface area contributed by atoms with Crippen molar-refractivity contribution in [2.24, 2.45) is 0 Å². The molecule has 0 radical (unpaired) electrons. The lowest BCUT2D eigenvalue weighted by Gasteiger charge is -2.28. The Bertz CT molecular complexity index is 566.